The smallest absolute Gasteiger partial charge is 0.243 e. The first-order valence-corrected chi connectivity index (χ1v) is 9.15. The highest BCUT2D eigenvalue weighted by Crippen LogP contribution is 2.26. The van der Waals surface area contributed by atoms with E-state index >= 15 is 0 Å². The summed E-state index contributed by atoms with van der Waals surface area (Å²) in [5, 5.41) is 5.99. The largest absolute Gasteiger partial charge is 0.350 e. The number of nitrogens with two attached hydrogens (primary N) is 1. The van der Waals surface area contributed by atoms with Gasteiger partial charge in [-0.1, -0.05) is 47.0 Å². The van der Waals surface area contributed by atoms with Crippen molar-refractivity contribution in [2.45, 2.75) is 78.3 Å². The van der Waals surface area contributed by atoms with E-state index in [0.717, 1.165) is 12.8 Å². The van der Waals surface area contributed by atoms with Gasteiger partial charge in [-0.15, -0.1) is 0 Å². The van der Waals surface area contributed by atoms with Crippen molar-refractivity contribution in [3.05, 3.63) is 0 Å². The zero-order chi connectivity index (χ0) is 17.4. The van der Waals surface area contributed by atoms with Crippen LogP contribution in [0.5, 0.6) is 0 Å². The fourth-order valence-electron chi connectivity index (χ4n) is 3.32. The van der Waals surface area contributed by atoms with Crippen LogP contribution in [0.25, 0.3) is 0 Å². The van der Waals surface area contributed by atoms with Crippen molar-refractivity contribution >= 4 is 11.8 Å². The van der Waals surface area contributed by atoms with E-state index in [1.165, 1.54) is 19.3 Å². The van der Waals surface area contributed by atoms with Crippen molar-refractivity contribution < 1.29 is 9.59 Å². The predicted molar refractivity (Wildman–Crippen MR) is 93.8 cm³/mol. The highest BCUT2D eigenvalue weighted by Gasteiger charge is 2.29. The van der Waals surface area contributed by atoms with Crippen LogP contribution in [0.15, 0.2) is 0 Å². The highest BCUT2D eigenvalue weighted by molar-refractivity contribution is 5.88. The summed E-state index contributed by atoms with van der Waals surface area (Å²) in [6, 6.07) is -0.468. The first kappa shape index (κ1) is 19.9. The van der Waals surface area contributed by atoms with Gasteiger partial charge in [0.15, 0.2) is 0 Å². The second-order valence-corrected chi connectivity index (χ2v) is 7.64. The molecule has 0 spiro atoms. The summed E-state index contributed by atoms with van der Waals surface area (Å²) in [4.78, 5) is 24.7. The number of carbonyl (C=O) groups is 2. The third-order valence-electron chi connectivity index (χ3n) is 4.66. The van der Waals surface area contributed by atoms with Crippen LogP contribution in [0.3, 0.4) is 0 Å². The van der Waals surface area contributed by atoms with Gasteiger partial charge in [-0.05, 0) is 30.6 Å². The maximum absolute atomic E-state index is 12.6. The van der Waals surface area contributed by atoms with E-state index in [1.54, 1.807) is 0 Å². The lowest BCUT2D eigenvalue weighted by molar-refractivity contribution is -0.131. The van der Waals surface area contributed by atoms with Crippen molar-refractivity contribution in [1.82, 2.24) is 10.6 Å². The van der Waals surface area contributed by atoms with E-state index < -0.39 is 6.04 Å². The molecule has 1 aliphatic rings. The van der Waals surface area contributed by atoms with Gasteiger partial charge in [0, 0.05) is 19.0 Å². The van der Waals surface area contributed by atoms with Crippen LogP contribution in [0.1, 0.15) is 66.2 Å². The van der Waals surface area contributed by atoms with Gasteiger partial charge in [-0.25, -0.2) is 0 Å². The van der Waals surface area contributed by atoms with E-state index in [0.29, 0.717) is 18.9 Å². The molecule has 0 saturated heterocycles. The Kier molecular flexibility index (Phi) is 8.59. The van der Waals surface area contributed by atoms with E-state index in [1.807, 2.05) is 27.7 Å². The Morgan fingerprint density at radius 2 is 1.65 bits per heavy atom. The highest BCUT2D eigenvalue weighted by atomic mass is 16.2. The summed E-state index contributed by atoms with van der Waals surface area (Å²) in [6.45, 7) is 8.37. The Bertz CT molecular complexity index is 376. The SMILES string of the molecule is CC(C)CC(=O)NC(C(=O)NC(CN)C1CCCCC1)C(C)C. The van der Waals surface area contributed by atoms with Crippen molar-refractivity contribution in [3.63, 3.8) is 0 Å². The molecule has 0 aromatic heterocycles. The van der Waals surface area contributed by atoms with Crippen LogP contribution in [-0.2, 0) is 9.59 Å². The lowest BCUT2D eigenvalue weighted by atomic mass is 9.83. The van der Waals surface area contributed by atoms with Crippen LogP contribution in [0.2, 0.25) is 0 Å². The van der Waals surface area contributed by atoms with E-state index in [2.05, 4.69) is 10.6 Å². The zero-order valence-electron chi connectivity index (χ0n) is 15.2. The second kappa shape index (κ2) is 9.91. The van der Waals surface area contributed by atoms with Crippen LogP contribution in [0.4, 0.5) is 0 Å². The molecule has 0 heterocycles. The number of amides is 2. The van der Waals surface area contributed by atoms with Gasteiger partial charge in [-0.3, -0.25) is 9.59 Å². The molecule has 23 heavy (non-hydrogen) atoms. The lowest BCUT2D eigenvalue weighted by Gasteiger charge is -2.32. The topological polar surface area (TPSA) is 84.2 Å². The van der Waals surface area contributed by atoms with Crippen molar-refractivity contribution in [2.75, 3.05) is 6.54 Å². The summed E-state index contributed by atoms with van der Waals surface area (Å²) in [6.07, 6.45) is 6.43. The minimum atomic E-state index is -0.487. The number of rotatable bonds is 8. The molecule has 1 aliphatic carbocycles. The number of nitrogens with one attached hydrogen (secondary N) is 2. The third-order valence-corrected chi connectivity index (χ3v) is 4.66. The zero-order valence-corrected chi connectivity index (χ0v) is 15.2. The average molecular weight is 325 g/mol. The molecule has 0 aliphatic heterocycles. The Labute approximate surface area is 141 Å². The summed E-state index contributed by atoms with van der Waals surface area (Å²) >= 11 is 0. The van der Waals surface area contributed by atoms with Crippen molar-refractivity contribution in [3.8, 4) is 0 Å². The molecule has 0 bridgehead atoms. The quantitative estimate of drug-likeness (QED) is 0.639. The molecule has 4 N–H and O–H groups in total. The minimum absolute atomic E-state index is 0.0195. The molecule has 2 unspecified atom stereocenters. The molecular formula is C18H35N3O2. The number of hydrogen-bond donors (Lipinski definition) is 3. The molecule has 1 saturated carbocycles. The Balaban J connectivity index is 2.63. The van der Waals surface area contributed by atoms with E-state index in [4.69, 9.17) is 5.73 Å². The molecule has 0 aromatic rings. The standard InChI is InChI=1S/C18H35N3O2/c1-12(2)10-16(22)21-17(13(3)4)18(23)20-15(11-19)14-8-6-5-7-9-14/h12-15,17H,5-11,19H2,1-4H3,(H,20,23)(H,21,22). The maximum atomic E-state index is 12.6. The summed E-state index contributed by atoms with van der Waals surface area (Å²) < 4.78 is 0. The number of hydrogen-bond acceptors (Lipinski definition) is 3. The van der Waals surface area contributed by atoms with Crippen LogP contribution >= 0.6 is 0 Å². The Morgan fingerprint density at radius 3 is 2.13 bits per heavy atom. The second-order valence-electron chi connectivity index (χ2n) is 7.64. The minimum Gasteiger partial charge on any atom is -0.350 e. The summed E-state index contributed by atoms with van der Waals surface area (Å²) in [7, 11) is 0. The van der Waals surface area contributed by atoms with E-state index in [-0.39, 0.29) is 29.7 Å². The molecule has 134 valence electrons. The molecular weight excluding hydrogens is 290 g/mol. The molecule has 1 rings (SSSR count). The molecule has 5 heteroatoms. The Hall–Kier alpha value is -1.10. The molecule has 2 amide bonds. The van der Waals surface area contributed by atoms with E-state index in [9.17, 15) is 9.59 Å². The fraction of sp³-hybridized carbons (Fsp3) is 0.889. The molecule has 5 nitrogen and oxygen atoms in total. The maximum Gasteiger partial charge on any atom is 0.243 e. The van der Waals surface area contributed by atoms with Gasteiger partial charge in [0.2, 0.25) is 11.8 Å². The fourth-order valence-corrected chi connectivity index (χ4v) is 3.32. The summed E-state index contributed by atoms with van der Waals surface area (Å²) in [5.41, 5.74) is 5.89. The van der Waals surface area contributed by atoms with Crippen LogP contribution < -0.4 is 16.4 Å². The molecule has 0 aromatic carbocycles. The monoisotopic (exact) mass is 325 g/mol. The number of carbonyl (C=O) groups excluding carboxylic acids is 2. The average Bonchev–Trinajstić information content (AvgIpc) is 2.49. The summed E-state index contributed by atoms with van der Waals surface area (Å²) in [5.74, 6) is 0.645. The van der Waals surface area contributed by atoms with Crippen molar-refractivity contribution in [2.24, 2.45) is 23.5 Å². The van der Waals surface area contributed by atoms with Gasteiger partial charge in [0.1, 0.15) is 6.04 Å². The van der Waals surface area contributed by atoms with Crippen molar-refractivity contribution in [1.29, 1.82) is 0 Å². The first-order chi connectivity index (χ1) is 10.8. The molecule has 1 fully saturated rings. The molecule has 0 radical (unpaired) electrons. The lowest BCUT2D eigenvalue weighted by Crippen LogP contribution is -2.55. The normalized spacial score (nSPS) is 18.7. The van der Waals surface area contributed by atoms with Crippen LogP contribution in [0, 0.1) is 17.8 Å². The van der Waals surface area contributed by atoms with Gasteiger partial charge in [0.05, 0.1) is 0 Å². The van der Waals surface area contributed by atoms with Gasteiger partial charge in [-0.2, -0.15) is 0 Å². The third kappa shape index (κ3) is 6.90. The first-order valence-electron chi connectivity index (χ1n) is 9.15. The van der Waals surface area contributed by atoms with Gasteiger partial charge in [0.25, 0.3) is 0 Å². The molecule has 2 atom stereocenters. The van der Waals surface area contributed by atoms with Crippen LogP contribution in [-0.4, -0.2) is 30.4 Å². The van der Waals surface area contributed by atoms with Gasteiger partial charge >= 0.3 is 0 Å². The predicted octanol–water partition coefficient (Wildman–Crippen LogP) is 2.20. The van der Waals surface area contributed by atoms with Gasteiger partial charge < -0.3 is 16.4 Å². The Morgan fingerprint density at radius 1 is 1.04 bits per heavy atom.